The second kappa shape index (κ2) is 10.8. The minimum absolute atomic E-state index is 0.133. The van der Waals surface area contributed by atoms with Crippen LogP contribution < -0.4 is 5.32 Å². The summed E-state index contributed by atoms with van der Waals surface area (Å²) >= 11 is 6.12. The van der Waals surface area contributed by atoms with Gasteiger partial charge in [0.2, 0.25) is 0 Å². The fourth-order valence-corrected chi connectivity index (χ4v) is 5.23. The van der Waals surface area contributed by atoms with E-state index in [1.165, 1.54) is 0 Å². The Labute approximate surface area is 232 Å². The second-order valence-electron chi connectivity index (χ2n) is 9.83. The topological polar surface area (TPSA) is 71.3 Å². The van der Waals surface area contributed by atoms with E-state index in [2.05, 4.69) is 23.7 Å². The predicted octanol–water partition coefficient (Wildman–Crippen LogP) is 7.82. The summed E-state index contributed by atoms with van der Waals surface area (Å²) in [5, 5.41) is 14.3. The highest BCUT2D eigenvalue weighted by molar-refractivity contribution is 6.30. The Balaban J connectivity index is 1.39. The Morgan fingerprint density at radius 3 is 2.38 bits per heavy atom. The number of hydrogen-bond acceptors (Lipinski definition) is 2. The molecule has 0 aliphatic heterocycles. The van der Waals surface area contributed by atoms with Gasteiger partial charge in [0.15, 0.2) is 0 Å². The number of carbonyl (C=O) groups excluding carboxylic acids is 1. The van der Waals surface area contributed by atoms with Gasteiger partial charge in [-0.2, -0.15) is 0 Å². The zero-order chi connectivity index (χ0) is 27.7. The minimum Gasteiger partial charge on any atom is -0.478 e. The summed E-state index contributed by atoms with van der Waals surface area (Å²) in [6.07, 6.45) is 0. The summed E-state index contributed by atoms with van der Waals surface area (Å²) in [6.45, 7) is 6.78. The molecule has 2 N–H and O–H groups in total. The average Bonchev–Trinajstić information content (AvgIpc) is 3.17. The Hall–Kier alpha value is -4.35. The number of fused-ring (bicyclic) bond motifs is 1. The number of amides is 1. The molecule has 0 bridgehead atoms. The number of carbonyl (C=O) groups is 2. The van der Waals surface area contributed by atoms with Gasteiger partial charge in [0.25, 0.3) is 5.91 Å². The number of aromatic nitrogens is 1. The molecule has 0 aliphatic rings. The van der Waals surface area contributed by atoms with Crippen molar-refractivity contribution in [3.8, 4) is 11.1 Å². The van der Waals surface area contributed by atoms with Crippen LogP contribution >= 0.6 is 11.6 Å². The lowest BCUT2D eigenvalue weighted by Gasteiger charge is -2.15. The van der Waals surface area contributed by atoms with Gasteiger partial charge in [-0.25, -0.2) is 4.79 Å². The molecule has 4 aromatic carbocycles. The van der Waals surface area contributed by atoms with Gasteiger partial charge in [0.1, 0.15) is 0 Å². The molecular weight excluding hydrogens is 508 g/mol. The zero-order valence-electron chi connectivity index (χ0n) is 22.0. The molecule has 1 amide bonds. The van der Waals surface area contributed by atoms with Crippen LogP contribution in [0.25, 0.3) is 22.0 Å². The number of nitrogens with one attached hydrogen (secondary N) is 1. The fraction of sp³-hybridized carbons (Fsp3) is 0.152. The number of aromatic carboxylic acids is 1. The third kappa shape index (κ3) is 5.31. The number of carboxylic acid groups (broad SMARTS) is 1. The third-order valence-electron chi connectivity index (χ3n) is 7.36. The van der Waals surface area contributed by atoms with Crippen molar-refractivity contribution in [1.29, 1.82) is 0 Å². The van der Waals surface area contributed by atoms with Crippen LogP contribution in [-0.4, -0.2) is 21.6 Å². The van der Waals surface area contributed by atoms with Crippen molar-refractivity contribution < 1.29 is 14.7 Å². The van der Waals surface area contributed by atoms with E-state index in [0.717, 1.165) is 38.9 Å². The summed E-state index contributed by atoms with van der Waals surface area (Å²) in [4.78, 5) is 24.7. The van der Waals surface area contributed by atoms with Gasteiger partial charge in [0, 0.05) is 33.7 Å². The maximum absolute atomic E-state index is 13.1. The van der Waals surface area contributed by atoms with Crippen LogP contribution in [0, 0.1) is 13.8 Å². The Morgan fingerprint density at radius 2 is 1.67 bits per heavy atom. The van der Waals surface area contributed by atoms with E-state index >= 15 is 0 Å². The number of benzene rings is 4. The lowest BCUT2D eigenvalue weighted by Crippen LogP contribution is -2.26. The van der Waals surface area contributed by atoms with E-state index in [1.54, 1.807) is 12.1 Å². The summed E-state index contributed by atoms with van der Waals surface area (Å²) in [5.41, 5.74) is 7.84. The number of carboxylic acids is 1. The van der Waals surface area contributed by atoms with Crippen LogP contribution in [0.15, 0.2) is 91.0 Å². The Morgan fingerprint density at radius 1 is 0.923 bits per heavy atom. The fourth-order valence-electron chi connectivity index (χ4n) is 5.03. The number of rotatable bonds is 7. The molecular formula is C33H29ClN2O3. The molecule has 0 aliphatic carbocycles. The van der Waals surface area contributed by atoms with Crippen molar-refractivity contribution in [2.75, 3.05) is 0 Å². The van der Waals surface area contributed by atoms with Gasteiger partial charge in [-0.1, -0.05) is 66.2 Å². The van der Waals surface area contributed by atoms with E-state index < -0.39 is 5.97 Å². The summed E-state index contributed by atoms with van der Waals surface area (Å²) < 4.78 is 2.25. The van der Waals surface area contributed by atoms with Crippen molar-refractivity contribution in [1.82, 2.24) is 9.88 Å². The summed E-state index contributed by atoms with van der Waals surface area (Å²) in [6, 6.07) is 28.2. The lowest BCUT2D eigenvalue weighted by molar-refractivity contribution is 0.0697. The van der Waals surface area contributed by atoms with Crippen LogP contribution in [0.5, 0.6) is 0 Å². The summed E-state index contributed by atoms with van der Waals surface area (Å²) in [5.74, 6) is -1.07. The van der Waals surface area contributed by atoms with Gasteiger partial charge in [0.05, 0.1) is 11.6 Å². The first kappa shape index (κ1) is 26.3. The van der Waals surface area contributed by atoms with Gasteiger partial charge in [-0.3, -0.25) is 4.79 Å². The minimum atomic E-state index is -0.938. The Kier molecular flexibility index (Phi) is 7.27. The van der Waals surface area contributed by atoms with E-state index in [9.17, 15) is 14.7 Å². The van der Waals surface area contributed by atoms with E-state index in [1.807, 2.05) is 85.8 Å². The highest BCUT2D eigenvalue weighted by Crippen LogP contribution is 2.29. The first-order valence-corrected chi connectivity index (χ1v) is 13.2. The van der Waals surface area contributed by atoms with Crippen molar-refractivity contribution in [2.24, 2.45) is 0 Å². The predicted molar refractivity (Wildman–Crippen MR) is 157 cm³/mol. The molecule has 0 radical (unpaired) electrons. The Bertz CT molecular complexity index is 1700. The first-order valence-electron chi connectivity index (χ1n) is 12.8. The van der Waals surface area contributed by atoms with Crippen LogP contribution in [0.4, 0.5) is 0 Å². The maximum Gasteiger partial charge on any atom is 0.336 e. The molecule has 5 aromatic rings. The van der Waals surface area contributed by atoms with Crippen molar-refractivity contribution in [3.05, 3.63) is 130 Å². The van der Waals surface area contributed by atoms with Gasteiger partial charge < -0.3 is 15.0 Å². The highest BCUT2D eigenvalue weighted by Gasteiger charge is 2.17. The molecule has 39 heavy (non-hydrogen) atoms. The molecule has 5 rings (SSSR count). The monoisotopic (exact) mass is 536 g/mol. The van der Waals surface area contributed by atoms with Crippen molar-refractivity contribution in [3.63, 3.8) is 0 Å². The standard InChI is InChI=1S/C33H29ClN2O3/c1-20-22(3)36(19-23-11-13-24(14-12-23)28-9-4-5-10-29(28)33(38)39)31-16-15-26(18-30(20)31)32(37)35-21(2)25-7-6-8-27(34)17-25/h4-18,21H,19H2,1-3H3,(H,35,37)(H,38,39). The quantitative estimate of drug-likeness (QED) is 0.223. The van der Waals surface area contributed by atoms with Crippen molar-refractivity contribution >= 4 is 34.4 Å². The van der Waals surface area contributed by atoms with Gasteiger partial charge in [-0.15, -0.1) is 0 Å². The number of halogens is 1. The molecule has 1 heterocycles. The molecule has 0 fully saturated rings. The molecule has 1 atom stereocenters. The van der Waals surface area contributed by atoms with Gasteiger partial charge in [-0.05, 0) is 85.0 Å². The van der Waals surface area contributed by atoms with Crippen LogP contribution in [-0.2, 0) is 6.54 Å². The van der Waals surface area contributed by atoms with Crippen LogP contribution in [0.1, 0.15) is 56.1 Å². The molecule has 0 saturated heterocycles. The van der Waals surface area contributed by atoms with E-state index in [0.29, 0.717) is 22.7 Å². The second-order valence-corrected chi connectivity index (χ2v) is 10.3. The average molecular weight is 537 g/mol. The normalized spacial score (nSPS) is 11.9. The van der Waals surface area contributed by atoms with Crippen molar-refractivity contribution in [2.45, 2.75) is 33.4 Å². The first-order chi connectivity index (χ1) is 18.7. The van der Waals surface area contributed by atoms with Crippen LogP contribution in [0.3, 0.4) is 0 Å². The molecule has 1 unspecified atom stereocenters. The largest absolute Gasteiger partial charge is 0.478 e. The lowest BCUT2D eigenvalue weighted by atomic mass is 9.99. The highest BCUT2D eigenvalue weighted by atomic mass is 35.5. The number of aryl methyl sites for hydroxylation is 1. The smallest absolute Gasteiger partial charge is 0.336 e. The van der Waals surface area contributed by atoms with E-state index in [-0.39, 0.29) is 17.5 Å². The zero-order valence-corrected chi connectivity index (χ0v) is 22.8. The molecule has 0 saturated carbocycles. The third-order valence-corrected chi connectivity index (χ3v) is 7.60. The molecule has 1 aromatic heterocycles. The van der Waals surface area contributed by atoms with Crippen LogP contribution in [0.2, 0.25) is 5.02 Å². The molecule has 0 spiro atoms. The van der Waals surface area contributed by atoms with Gasteiger partial charge >= 0.3 is 5.97 Å². The molecule has 6 heteroatoms. The SMILES string of the molecule is Cc1c(C)n(Cc2ccc(-c3ccccc3C(=O)O)cc2)c2ccc(C(=O)NC(C)c3cccc(Cl)c3)cc12. The maximum atomic E-state index is 13.1. The van der Waals surface area contributed by atoms with E-state index in [4.69, 9.17) is 11.6 Å². The number of hydrogen-bond donors (Lipinski definition) is 2. The molecule has 5 nitrogen and oxygen atoms in total. The number of nitrogens with zero attached hydrogens (tertiary/aromatic N) is 1. The molecule has 196 valence electrons. The summed E-state index contributed by atoms with van der Waals surface area (Å²) in [7, 11) is 0.